The standard InChI is InChI=1S/C34H37FN6O2/c1-9-28(42)39-17-22(7)40(23(8)18-39)33-26-16-27(35)30(25-13-11-10-12-24(25)19(2)3)37-32(26)41(34(43)38-33)31-21(6)14-15-36-29(31)20(4)5/h9-16,20,22-23H,1-2,17-18H2,3-8H3/t22-,23-/m0/s1/i2D2. The number of piperazine rings is 1. The first-order chi connectivity index (χ1) is 21.3. The van der Waals surface area contributed by atoms with Crippen LogP contribution in [-0.4, -0.2) is 55.5 Å². The van der Waals surface area contributed by atoms with Crippen LogP contribution in [0.5, 0.6) is 0 Å². The van der Waals surface area contributed by atoms with E-state index in [9.17, 15) is 9.59 Å². The Morgan fingerprint density at radius 3 is 2.51 bits per heavy atom. The normalized spacial score (nSPS) is 17.6. The van der Waals surface area contributed by atoms with Crippen molar-refractivity contribution in [3.63, 3.8) is 0 Å². The van der Waals surface area contributed by atoms with Gasteiger partial charge in [0, 0.05) is 36.9 Å². The molecule has 0 radical (unpaired) electrons. The summed E-state index contributed by atoms with van der Waals surface area (Å²) in [6.07, 6.45) is 2.98. The third kappa shape index (κ3) is 5.24. The zero-order valence-corrected chi connectivity index (χ0v) is 25.3. The second-order valence-corrected chi connectivity index (χ2v) is 11.5. The van der Waals surface area contributed by atoms with Crippen LogP contribution >= 0.6 is 0 Å². The van der Waals surface area contributed by atoms with Crippen LogP contribution in [0.15, 0.2) is 66.6 Å². The Balaban J connectivity index is 1.87. The number of carbonyl (C=O) groups is 1. The molecule has 1 saturated heterocycles. The molecule has 0 saturated carbocycles. The molecule has 1 fully saturated rings. The van der Waals surface area contributed by atoms with Crippen molar-refractivity contribution in [1.29, 1.82) is 0 Å². The zero-order valence-electron chi connectivity index (χ0n) is 27.3. The Hall–Kier alpha value is -4.66. The summed E-state index contributed by atoms with van der Waals surface area (Å²) in [5.41, 5.74) is 2.85. The van der Waals surface area contributed by atoms with E-state index in [1.807, 2.05) is 45.6 Å². The van der Waals surface area contributed by atoms with Gasteiger partial charge in [0.25, 0.3) is 0 Å². The first-order valence-electron chi connectivity index (χ1n) is 15.4. The van der Waals surface area contributed by atoms with E-state index in [1.54, 1.807) is 42.3 Å². The monoisotopic (exact) mass is 582 g/mol. The van der Waals surface area contributed by atoms with Crippen LogP contribution in [-0.2, 0) is 4.79 Å². The maximum atomic E-state index is 16.3. The fourth-order valence-corrected chi connectivity index (χ4v) is 6.04. The molecule has 8 nitrogen and oxygen atoms in total. The molecule has 0 aliphatic carbocycles. The third-order valence-corrected chi connectivity index (χ3v) is 7.96. The van der Waals surface area contributed by atoms with E-state index in [2.05, 4.69) is 16.5 Å². The Labute approximate surface area is 254 Å². The number of hydrogen-bond acceptors (Lipinski definition) is 6. The lowest BCUT2D eigenvalue weighted by molar-refractivity contribution is -0.127. The summed E-state index contributed by atoms with van der Waals surface area (Å²) >= 11 is 0. The highest BCUT2D eigenvalue weighted by molar-refractivity contribution is 5.92. The summed E-state index contributed by atoms with van der Waals surface area (Å²) in [6, 6.07) is 9.58. The number of hydrogen-bond donors (Lipinski definition) is 0. The first-order valence-corrected chi connectivity index (χ1v) is 14.4. The molecule has 4 heterocycles. The highest BCUT2D eigenvalue weighted by atomic mass is 19.1. The number of amides is 1. The Bertz CT molecular complexity index is 1910. The van der Waals surface area contributed by atoms with Crippen molar-refractivity contribution >= 4 is 28.3 Å². The molecular weight excluding hydrogens is 543 g/mol. The number of carbonyl (C=O) groups excluding carboxylic acids is 1. The molecule has 9 heteroatoms. The van der Waals surface area contributed by atoms with Gasteiger partial charge < -0.3 is 9.80 Å². The Morgan fingerprint density at radius 1 is 1.16 bits per heavy atom. The van der Waals surface area contributed by atoms with Gasteiger partial charge in [0.15, 0.2) is 5.65 Å². The average Bonchev–Trinajstić information content (AvgIpc) is 3.00. The number of benzene rings is 1. The fraction of sp³-hybridized carbons (Fsp3) is 0.324. The van der Waals surface area contributed by atoms with Crippen LogP contribution in [0.1, 0.15) is 60.1 Å². The third-order valence-electron chi connectivity index (χ3n) is 7.96. The topological polar surface area (TPSA) is 84.2 Å². The minimum atomic E-state index is -0.639. The lowest BCUT2D eigenvalue weighted by atomic mass is 9.98. The van der Waals surface area contributed by atoms with Gasteiger partial charge in [-0.3, -0.25) is 9.78 Å². The second kappa shape index (κ2) is 11.6. The van der Waals surface area contributed by atoms with Crippen LogP contribution in [0, 0.1) is 12.7 Å². The van der Waals surface area contributed by atoms with Crippen molar-refractivity contribution in [2.75, 3.05) is 18.0 Å². The van der Waals surface area contributed by atoms with Gasteiger partial charge in [-0.1, -0.05) is 56.8 Å². The average molecular weight is 583 g/mol. The quantitative estimate of drug-likeness (QED) is 0.257. The van der Waals surface area contributed by atoms with Crippen molar-refractivity contribution < 1.29 is 11.9 Å². The number of rotatable bonds is 6. The van der Waals surface area contributed by atoms with Crippen molar-refractivity contribution in [3.8, 4) is 16.9 Å². The molecule has 1 aromatic carbocycles. The molecule has 1 aliphatic rings. The van der Waals surface area contributed by atoms with E-state index >= 15 is 4.39 Å². The Kier molecular flexibility index (Phi) is 7.30. The number of aryl methyl sites for hydroxylation is 1. The summed E-state index contributed by atoms with van der Waals surface area (Å²) in [5, 5.41) is 0.336. The van der Waals surface area contributed by atoms with Crippen LogP contribution in [0.2, 0.25) is 0 Å². The molecule has 1 aliphatic heterocycles. The number of pyridine rings is 2. The summed E-state index contributed by atoms with van der Waals surface area (Å²) in [6.45, 7) is 15.3. The number of halogens is 1. The first kappa shape index (κ1) is 27.2. The molecule has 222 valence electrons. The number of nitrogens with zero attached hydrogens (tertiary/aromatic N) is 6. The smallest absolute Gasteiger partial charge is 0.347 e. The van der Waals surface area contributed by atoms with E-state index in [0.717, 1.165) is 5.56 Å². The predicted octanol–water partition coefficient (Wildman–Crippen LogP) is 6.06. The minimum Gasteiger partial charge on any atom is -0.347 e. The highest BCUT2D eigenvalue weighted by Crippen LogP contribution is 2.36. The molecule has 0 bridgehead atoms. The molecule has 0 N–H and O–H groups in total. The SMILES string of the molecule is [2H]C([2H])=C(C)c1ccccc1-c1nc2c(cc1F)c(N1[C@@H](C)CN(C(=O)C=C)C[C@@H]1C)nc(=O)n2-c1c(C)ccnc1C(C)C. The van der Waals surface area contributed by atoms with Gasteiger partial charge in [-0.05, 0) is 62.9 Å². The number of fused-ring (bicyclic) bond motifs is 1. The van der Waals surface area contributed by atoms with Crippen LogP contribution in [0.4, 0.5) is 10.2 Å². The van der Waals surface area contributed by atoms with Gasteiger partial charge in [-0.25, -0.2) is 18.7 Å². The predicted molar refractivity (Wildman–Crippen MR) is 170 cm³/mol. The highest BCUT2D eigenvalue weighted by Gasteiger charge is 2.34. The molecule has 3 aromatic heterocycles. The van der Waals surface area contributed by atoms with E-state index in [-0.39, 0.29) is 41.1 Å². The largest absolute Gasteiger partial charge is 0.355 e. The Morgan fingerprint density at radius 2 is 1.86 bits per heavy atom. The zero-order chi connectivity index (χ0) is 32.7. The summed E-state index contributed by atoms with van der Waals surface area (Å²) in [7, 11) is 0. The minimum absolute atomic E-state index is 0.0147. The second-order valence-electron chi connectivity index (χ2n) is 11.5. The molecule has 1 amide bonds. The van der Waals surface area contributed by atoms with E-state index < -0.39 is 18.0 Å². The molecule has 4 aromatic rings. The van der Waals surface area contributed by atoms with Gasteiger partial charge in [-0.2, -0.15) is 4.98 Å². The van der Waals surface area contributed by atoms with Gasteiger partial charge in [-0.15, -0.1) is 0 Å². The lowest BCUT2D eigenvalue weighted by Gasteiger charge is -2.45. The van der Waals surface area contributed by atoms with Crippen molar-refractivity contribution in [2.24, 2.45) is 0 Å². The number of aromatic nitrogens is 4. The fourth-order valence-electron chi connectivity index (χ4n) is 6.04. The van der Waals surface area contributed by atoms with E-state index in [0.29, 0.717) is 46.6 Å². The van der Waals surface area contributed by atoms with Crippen molar-refractivity contribution in [1.82, 2.24) is 24.4 Å². The summed E-state index contributed by atoms with van der Waals surface area (Å²) in [4.78, 5) is 44.3. The molecular formula is C34H37FN6O2. The van der Waals surface area contributed by atoms with E-state index in [4.69, 9.17) is 7.73 Å². The van der Waals surface area contributed by atoms with Gasteiger partial charge in [0.1, 0.15) is 17.3 Å². The molecule has 5 rings (SSSR count). The number of anilines is 1. The van der Waals surface area contributed by atoms with Gasteiger partial charge in [0.2, 0.25) is 5.91 Å². The van der Waals surface area contributed by atoms with Gasteiger partial charge in [0.05, 0.1) is 19.5 Å². The summed E-state index contributed by atoms with van der Waals surface area (Å²) < 4.78 is 33.5. The van der Waals surface area contributed by atoms with Crippen molar-refractivity contribution in [2.45, 2.75) is 59.5 Å². The summed E-state index contributed by atoms with van der Waals surface area (Å²) in [5.74, 6) is -0.580. The van der Waals surface area contributed by atoms with Gasteiger partial charge >= 0.3 is 5.69 Å². The van der Waals surface area contributed by atoms with Crippen LogP contribution < -0.4 is 10.6 Å². The lowest BCUT2D eigenvalue weighted by Crippen LogP contribution is -2.58. The van der Waals surface area contributed by atoms with E-state index in [1.165, 1.54) is 16.7 Å². The maximum absolute atomic E-state index is 16.3. The molecule has 43 heavy (non-hydrogen) atoms. The molecule has 0 spiro atoms. The van der Waals surface area contributed by atoms with Crippen LogP contribution in [0.3, 0.4) is 0 Å². The molecule has 2 atom stereocenters. The van der Waals surface area contributed by atoms with Crippen LogP contribution in [0.25, 0.3) is 33.6 Å². The molecule has 0 unspecified atom stereocenters. The number of allylic oxidation sites excluding steroid dienone is 1. The van der Waals surface area contributed by atoms with Crippen molar-refractivity contribution in [3.05, 3.63) is 94.9 Å². The maximum Gasteiger partial charge on any atom is 0.355 e.